The van der Waals surface area contributed by atoms with E-state index in [0.717, 1.165) is 23.7 Å². The summed E-state index contributed by atoms with van der Waals surface area (Å²) in [6.07, 6.45) is 0. The average Bonchev–Trinajstić information content (AvgIpc) is 2.42. The van der Waals surface area contributed by atoms with Crippen molar-refractivity contribution in [3.05, 3.63) is 29.8 Å². The van der Waals surface area contributed by atoms with Crippen LogP contribution in [0.4, 0.5) is 0 Å². The average molecular weight is 320 g/mol. The SMILES string of the molecule is CC[Si](CC)(CC)OCc1ccccc1O.OP(O)O. The highest BCUT2D eigenvalue weighted by Gasteiger charge is 2.28. The number of rotatable bonds is 6. The largest absolute Gasteiger partial charge is 0.508 e. The van der Waals surface area contributed by atoms with Crippen molar-refractivity contribution in [2.75, 3.05) is 0 Å². The van der Waals surface area contributed by atoms with Crippen LogP contribution in [0.25, 0.3) is 0 Å². The van der Waals surface area contributed by atoms with Gasteiger partial charge in [0.05, 0.1) is 6.61 Å². The first-order valence-corrected chi connectivity index (χ1v) is 10.4. The van der Waals surface area contributed by atoms with E-state index in [1.165, 1.54) is 0 Å². The number of phenolic OH excluding ortho intramolecular Hbond substituents is 1. The maximum Gasteiger partial charge on any atom is 0.324 e. The van der Waals surface area contributed by atoms with Gasteiger partial charge in [-0.3, -0.25) is 0 Å². The van der Waals surface area contributed by atoms with Crippen LogP contribution in [0.15, 0.2) is 24.3 Å². The summed E-state index contributed by atoms with van der Waals surface area (Å²) in [4.78, 5) is 21.7. The second kappa shape index (κ2) is 10.3. The Hall–Kier alpha value is -0.493. The van der Waals surface area contributed by atoms with Crippen molar-refractivity contribution in [3.8, 4) is 5.75 Å². The summed E-state index contributed by atoms with van der Waals surface area (Å²) >= 11 is 0. The Bertz CT molecular complexity index is 361. The van der Waals surface area contributed by atoms with Crippen LogP contribution in [0.5, 0.6) is 5.75 Å². The van der Waals surface area contributed by atoms with E-state index in [2.05, 4.69) is 20.8 Å². The molecule has 0 saturated carbocycles. The number of para-hydroxylation sites is 1. The summed E-state index contributed by atoms with van der Waals surface area (Å²) in [6.45, 7) is 7.19. The highest BCUT2D eigenvalue weighted by atomic mass is 31.2. The molecule has 0 aliphatic carbocycles. The van der Waals surface area contributed by atoms with Gasteiger partial charge in [0.2, 0.25) is 0 Å². The Morgan fingerprint density at radius 3 is 1.85 bits per heavy atom. The van der Waals surface area contributed by atoms with Gasteiger partial charge in [-0.1, -0.05) is 39.0 Å². The lowest BCUT2D eigenvalue weighted by Gasteiger charge is -2.28. The molecule has 4 N–H and O–H groups in total. The minimum absolute atomic E-state index is 0.341. The highest BCUT2D eigenvalue weighted by molar-refractivity contribution is 7.38. The molecule has 0 aromatic heterocycles. The van der Waals surface area contributed by atoms with Crippen molar-refractivity contribution in [2.45, 2.75) is 45.5 Å². The quantitative estimate of drug-likeness (QED) is 0.478. The Labute approximate surface area is 123 Å². The molecule has 0 saturated heterocycles. The summed E-state index contributed by atoms with van der Waals surface area (Å²) in [7, 11) is -4.15. The zero-order valence-electron chi connectivity index (χ0n) is 12.3. The lowest BCUT2D eigenvalue weighted by Crippen LogP contribution is -2.35. The molecular formula is C13H25O5PSi. The van der Waals surface area contributed by atoms with Crippen LogP contribution in [0.3, 0.4) is 0 Å². The van der Waals surface area contributed by atoms with E-state index in [1.807, 2.05) is 18.2 Å². The molecule has 116 valence electrons. The predicted molar refractivity (Wildman–Crippen MR) is 83.7 cm³/mol. The highest BCUT2D eigenvalue weighted by Crippen LogP contribution is 2.25. The molecule has 0 atom stereocenters. The van der Waals surface area contributed by atoms with Crippen LogP contribution in [-0.4, -0.2) is 28.1 Å². The Morgan fingerprint density at radius 1 is 1.00 bits per heavy atom. The lowest BCUT2D eigenvalue weighted by atomic mass is 10.2. The third-order valence-electron chi connectivity index (χ3n) is 3.46. The fraction of sp³-hybridized carbons (Fsp3) is 0.538. The summed E-state index contributed by atoms with van der Waals surface area (Å²) in [5, 5.41) is 9.66. The molecule has 0 fully saturated rings. The maximum absolute atomic E-state index is 9.66. The summed E-state index contributed by atoms with van der Waals surface area (Å²) in [5.41, 5.74) is 0.898. The van der Waals surface area contributed by atoms with Gasteiger partial charge in [0.25, 0.3) is 0 Å². The smallest absolute Gasteiger partial charge is 0.324 e. The van der Waals surface area contributed by atoms with Crippen LogP contribution in [0.1, 0.15) is 26.3 Å². The Morgan fingerprint density at radius 2 is 1.45 bits per heavy atom. The van der Waals surface area contributed by atoms with Crippen LogP contribution >= 0.6 is 8.60 Å². The maximum atomic E-state index is 9.66. The van der Waals surface area contributed by atoms with Gasteiger partial charge >= 0.3 is 8.60 Å². The second-order valence-corrected chi connectivity index (χ2v) is 9.74. The summed E-state index contributed by atoms with van der Waals surface area (Å²) < 4.78 is 6.12. The second-order valence-electron chi connectivity index (χ2n) is 4.43. The first kappa shape index (κ1) is 19.5. The van der Waals surface area contributed by atoms with Gasteiger partial charge in [-0.15, -0.1) is 0 Å². The minimum atomic E-state index is -2.62. The van der Waals surface area contributed by atoms with E-state index in [-0.39, 0.29) is 0 Å². The molecule has 0 bridgehead atoms. The molecular weight excluding hydrogens is 295 g/mol. The molecule has 5 nitrogen and oxygen atoms in total. The molecule has 0 amide bonds. The molecule has 0 aliphatic heterocycles. The molecule has 0 heterocycles. The summed E-state index contributed by atoms with van der Waals surface area (Å²) in [5.74, 6) is 0.341. The predicted octanol–water partition coefficient (Wildman–Crippen LogP) is 3.10. The molecule has 7 heteroatoms. The van der Waals surface area contributed by atoms with Crippen molar-refractivity contribution >= 4 is 16.9 Å². The fourth-order valence-corrected chi connectivity index (χ4v) is 4.49. The van der Waals surface area contributed by atoms with Crippen LogP contribution in [0.2, 0.25) is 18.1 Å². The molecule has 0 aliphatic rings. The van der Waals surface area contributed by atoms with Gasteiger partial charge in [-0.25, -0.2) is 0 Å². The van der Waals surface area contributed by atoms with E-state index in [1.54, 1.807) is 6.07 Å². The number of hydrogen-bond donors (Lipinski definition) is 4. The van der Waals surface area contributed by atoms with Crippen LogP contribution < -0.4 is 0 Å². The topological polar surface area (TPSA) is 90.2 Å². The fourth-order valence-electron chi connectivity index (χ4n) is 1.92. The molecule has 20 heavy (non-hydrogen) atoms. The zero-order chi connectivity index (χ0) is 15.6. The third-order valence-corrected chi connectivity index (χ3v) is 8.08. The van der Waals surface area contributed by atoms with E-state index in [4.69, 9.17) is 19.1 Å². The van der Waals surface area contributed by atoms with Gasteiger partial charge in [0, 0.05) is 5.56 Å². The van der Waals surface area contributed by atoms with Gasteiger partial charge in [0.15, 0.2) is 8.32 Å². The monoisotopic (exact) mass is 320 g/mol. The molecule has 1 aromatic carbocycles. The van der Waals surface area contributed by atoms with Crippen LogP contribution in [-0.2, 0) is 11.0 Å². The standard InChI is InChI=1S/C13H22O2Si.H3O3P/c1-4-16(5-2,6-3)15-11-12-9-7-8-10-13(12)14;1-4(2)3/h7-10,14H,4-6,11H2,1-3H3;1-3H. The van der Waals surface area contributed by atoms with Crippen molar-refractivity contribution < 1.29 is 24.2 Å². The van der Waals surface area contributed by atoms with Crippen molar-refractivity contribution in [2.24, 2.45) is 0 Å². The van der Waals surface area contributed by atoms with E-state index in [9.17, 15) is 5.11 Å². The van der Waals surface area contributed by atoms with Gasteiger partial charge < -0.3 is 24.2 Å². The number of benzene rings is 1. The van der Waals surface area contributed by atoms with E-state index in [0.29, 0.717) is 12.4 Å². The first-order valence-electron chi connectivity index (χ1n) is 6.68. The lowest BCUT2D eigenvalue weighted by molar-refractivity contribution is 0.281. The van der Waals surface area contributed by atoms with Crippen molar-refractivity contribution in [3.63, 3.8) is 0 Å². The third kappa shape index (κ3) is 7.33. The van der Waals surface area contributed by atoms with E-state index >= 15 is 0 Å². The van der Waals surface area contributed by atoms with Gasteiger partial charge in [-0.05, 0) is 24.2 Å². The van der Waals surface area contributed by atoms with E-state index < -0.39 is 16.9 Å². The van der Waals surface area contributed by atoms with Gasteiger partial charge in [0.1, 0.15) is 5.75 Å². The van der Waals surface area contributed by atoms with Crippen molar-refractivity contribution in [1.29, 1.82) is 0 Å². The van der Waals surface area contributed by atoms with Crippen LogP contribution in [0, 0.1) is 0 Å². The minimum Gasteiger partial charge on any atom is -0.508 e. The number of aromatic hydroxyl groups is 1. The molecule has 1 aromatic rings. The molecule has 0 unspecified atom stereocenters. The number of hydrogen-bond acceptors (Lipinski definition) is 5. The normalized spacial score (nSPS) is 11.2. The van der Waals surface area contributed by atoms with Gasteiger partial charge in [-0.2, -0.15) is 0 Å². The first-order chi connectivity index (χ1) is 9.40. The molecule has 0 spiro atoms. The Kier molecular flexibility index (Phi) is 10.0. The zero-order valence-corrected chi connectivity index (χ0v) is 14.2. The van der Waals surface area contributed by atoms with Crippen molar-refractivity contribution in [1.82, 2.24) is 0 Å². The molecule has 0 radical (unpaired) electrons. The number of phenols is 1. The molecule has 1 rings (SSSR count). The summed E-state index contributed by atoms with van der Waals surface area (Å²) in [6, 6.07) is 10.9. The Balaban J connectivity index is 0.000000796.